The fourth-order valence-electron chi connectivity index (χ4n) is 0.339. The van der Waals surface area contributed by atoms with Gasteiger partial charge in [-0.25, -0.2) is 4.79 Å². The van der Waals surface area contributed by atoms with E-state index in [1.165, 1.54) is 0 Å². The Labute approximate surface area is 53.6 Å². The number of carbonyl (C=O) groups is 1. The van der Waals surface area contributed by atoms with Crippen molar-refractivity contribution >= 4 is 6.09 Å². The topological polar surface area (TPSA) is 62.0 Å². The summed E-state index contributed by atoms with van der Waals surface area (Å²) in [5, 5.41) is 14.2. The first-order chi connectivity index (χ1) is 4.27. The molecule has 0 unspecified atom stereocenters. The maximum Gasteiger partial charge on any atom is 0.449 e. The Morgan fingerprint density at radius 3 is 2.78 bits per heavy atom. The number of hydrogen-bond donors (Lipinski definition) is 1. The molecule has 9 heavy (non-hydrogen) atoms. The Bertz CT molecular complexity index is 112. The highest BCUT2D eigenvalue weighted by Crippen LogP contribution is 1.87. The summed E-state index contributed by atoms with van der Waals surface area (Å²) < 4.78 is 0. The van der Waals surface area contributed by atoms with Gasteiger partial charge in [-0.05, 0) is 6.42 Å². The van der Waals surface area contributed by atoms with Crippen molar-refractivity contribution in [3.63, 3.8) is 0 Å². The third-order valence-electron chi connectivity index (χ3n) is 0.768. The molecule has 0 spiro atoms. The van der Waals surface area contributed by atoms with Gasteiger partial charge >= 0.3 is 6.09 Å². The molecule has 0 rings (SSSR count). The molecule has 0 saturated carbocycles. The molecule has 0 saturated heterocycles. The molecule has 0 fully saturated rings. The highest BCUT2D eigenvalue weighted by molar-refractivity contribution is 5.64. The molecule has 4 heteroatoms. The van der Waals surface area contributed by atoms with Crippen molar-refractivity contribution in [2.75, 3.05) is 6.54 Å². The standard InChI is InChI=1S/C5H10N2O2/c1-2-3-4-6-7-5(8)9/h2-4H2,1H3,(H,8,9)/b7-6+. The van der Waals surface area contributed by atoms with Gasteiger partial charge in [0, 0.05) is 0 Å². The largest absolute Gasteiger partial charge is 0.462 e. The van der Waals surface area contributed by atoms with E-state index >= 15 is 0 Å². The van der Waals surface area contributed by atoms with Crippen molar-refractivity contribution in [2.24, 2.45) is 10.2 Å². The predicted molar refractivity (Wildman–Crippen MR) is 32.7 cm³/mol. The van der Waals surface area contributed by atoms with Crippen molar-refractivity contribution in [1.82, 2.24) is 0 Å². The highest BCUT2D eigenvalue weighted by atomic mass is 16.4. The van der Waals surface area contributed by atoms with E-state index in [0.29, 0.717) is 6.54 Å². The monoisotopic (exact) mass is 130 g/mol. The van der Waals surface area contributed by atoms with Gasteiger partial charge in [0.2, 0.25) is 0 Å². The summed E-state index contributed by atoms with van der Waals surface area (Å²) in [4.78, 5) is 9.70. The Kier molecular flexibility index (Phi) is 4.67. The molecule has 0 bridgehead atoms. The lowest BCUT2D eigenvalue weighted by molar-refractivity contribution is 0.203. The predicted octanol–water partition coefficient (Wildman–Crippen LogP) is 1.92. The molecular formula is C5H10N2O2. The van der Waals surface area contributed by atoms with E-state index in [1.54, 1.807) is 0 Å². The fourth-order valence-corrected chi connectivity index (χ4v) is 0.339. The van der Waals surface area contributed by atoms with Crippen LogP contribution < -0.4 is 0 Å². The lowest BCUT2D eigenvalue weighted by Gasteiger charge is -1.84. The minimum atomic E-state index is -1.22. The molecule has 4 nitrogen and oxygen atoms in total. The first-order valence-corrected chi connectivity index (χ1v) is 2.87. The quantitative estimate of drug-likeness (QED) is 0.468. The summed E-state index contributed by atoms with van der Waals surface area (Å²) in [5.41, 5.74) is 0. The van der Waals surface area contributed by atoms with Crippen LogP contribution in [0, 0.1) is 0 Å². The lowest BCUT2D eigenvalue weighted by Crippen LogP contribution is -1.83. The number of nitrogens with zero attached hydrogens (tertiary/aromatic N) is 2. The van der Waals surface area contributed by atoms with Crippen LogP contribution in [0.1, 0.15) is 19.8 Å². The maximum atomic E-state index is 9.70. The van der Waals surface area contributed by atoms with Crippen LogP contribution in [-0.2, 0) is 0 Å². The Morgan fingerprint density at radius 1 is 1.67 bits per heavy atom. The van der Waals surface area contributed by atoms with Gasteiger partial charge in [-0.3, -0.25) is 0 Å². The second kappa shape index (κ2) is 5.21. The third kappa shape index (κ3) is 7.07. The van der Waals surface area contributed by atoms with Gasteiger partial charge in [-0.2, -0.15) is 5.11 Å². The molecule has 0 aliphatic carbocycles. The SMILES string of the molecule is CCCC/N=N/C(=O)O. The van der Waals surface area contributed by atoms with Crippen molar-refractivity contribution in [3.8, 4) is 0 Å². The van der Waals surface area contributed by atoms with Gasteiger partial charge in [-0.15, -0.1) is 0 Å². The van der Waals surface area contributed by atoms with E-state index < -0.39 is 6.09 Å². The number of azo groups is 1. The molecule has 0 aromatic rings. The maximum absolute atomic E-state index is 9.70. The van der Waals surface area contributed by atoms with Crippen LogP contribution in [0.15, 0.2) is 10.2 Å². The summed E-state index contributed by atoms with van der Waals surface area (Å²) in [6.45, 7) is 2.53. The van der Waals surface area contributed by atoms with E-state index in [4.69, 9.17) is 5.11 Å². The Morgan fingerprint density at radius 2 is 2.33 bits per heavy atom. The summed E-state index contributed by atoms with van der Waals surface area (Å²) in [5.74, 6) is 0. The molecule has 0 aliphatic heterocycles. The molecule has 0 aromatic heterocycles. The van der Waals surface area contributed by atoms with Crippen LogP contribution in [0.5, 0.6) is 0 Å². The van der Waals surface area contributed by atoms with Crippen molar-refractivity contribution in [3.05, 3.63) is 0 Å². The normalized spacial score (nSPS) is 10.3. The zero-order chi connectivity index (χ0) is 7.11. The highest BCUT2D eigenvalue weighted by Gasteiger charge is 1.85. The van der Waals surface area contributed by atoms with Gasteiger partial charge in [0.05, 0.1) is 6.54 Å². The zero-order valence-electron chi connectivity index (χ0n) is 5.37. The number of rotatable bonds is 3. The van der Waals surface area contributed by atoms with Crippen LogP contribution in [-0.4, -0.2) is 17.7 Å². The van der Waals surface area contributed by atoms with Crippen molar-refractivity contribution in [1.29, 1.82) is 0 Å². The Balaban J connectivity index is 3.15. The first-order valence-electron chi connectivity index (χ1n) is 2.87. The van der Waals surface area contributed by atoms with Gasteiger partial charge in [0.25, 0.3) is 0 Å². The average Bonchev–Trinajstić information content (AvgIpc) is 1.80. The number of unbranched alkanes of at least 4 members (excludes halogenated alkanes) is 1. The van der Waals surface area contributed by atoms with Crippen LogP contribution in [0.4, 0.5) is 4.79 Å². The second-order valence-corrected chi connectivity index (χ2v) is 1.60. The van der Waals surface area contributed by atoms with Crippen LogP contribution in [0.25, 0.3) is 0 Å². The van der Waals surface area contributed by atoms with E-state index in [0.717, 1.165) is 12.8 Å². The molecule has 1 N–H and O–H groups in total. The minimum absolute atomic E-state index is 0.517. The average molecular weight is 130 g/mol. The zero-order valence-corrected chi connectivity index (χ0v) is 5.37. The summed E-state index contributed by atoms with van der Waals surface area (Å²) in [7, 11) is 0. The molecule has 0 radical (unpaired) electrons. The Hall–Kier alpha value is -0.930. The van der Waals surface area contributed by atoms with Gasteiger partial charge in [-0.1, -0.05) is 18.5 Å². The van der Waals surface area contributed by atoms with Crippen LogP contribution in [0.3, 0.4) is 0 Å². The van der Waals surface area contributed by atoms with Crippen LogP contribution >= 0.6 is 0 Å². The third-order valence-corrected chi connectivity index (χ3v) is 0.768. The van der Waals surface area contributed by atoms with E-state index in [9.17, 15) is 4.79 Å². The second-order valence-electron chi connectivity index (χ2n) is 1.60. The number of amides is 1. The smallest absolute Gasteiger partial charge is 0.449 e. The lowest BCUT2D eigenvalue weighted by atomic mass is 10.3. The first kappa shape index (κ1) is 8.07. The van der Waals surface area contributed by atoms with Crippen molar-refractivity contribution in [2.45, 2.75) is 19.8 Å². The molecule has 0 aromatic carbocycles. The van der Waals surface area contributed by atoms with Gasteiger partial charge in [0.15, 0.2) is 0 Å². The van der Waals surface area contributed by atoms with E-state index in [1.807, 2.05) is 6.92 Å². The van der Waals surface area contributed by atoms with Crippen molar-refractivity contribution < 1.29 is 9.90 Å². The molecule has 0 heterocycles. The summed E-state index contributed by atoms with van der Waals surface area (Å²) >= 11 is 0. The molecule has 1 amide bonds. The summed E-state index contributed by atoms with van der Waals surface area (Å²) in [6.07, 6.45) is 0.696. The van der Waals surface area contributed by atoms with E-state index in [-0.39, 0.29) is 0 Å². The van der Waals surface area contributed by atoms with Gasteiger partial charge < -0.3 is 5.11 Å². The fraction of sp³-hybridized carbons (Fsp3) is 0.800. The minimum Gasteiger partial charge on any atom is -0.462 e. The molecular weight excluding hydrogens is 120 g/mol. The summed E-state index contributed by atoms with van der Waals surface area (Å²) in [6, 6.07) is 0. The molecule has 0 atom stereocenters. The number of carboxylic acid groups (broad SMARTS) is 1. The van der Waals surface area contributed by atoms with Crippen LogP contribution in [0.2, 0.25) is 0 Å². The van der Waals surface area contributed by atoms with E-state index in [2.05, 4.69) is 10.2 Å². The number of hydrogen-bond acceptors (Lipinski definition) is 2. The van der Waals surface area contributed by atoms with Gasteiger partial charge in [0.1, 0.15) is 0 Å². The molecule has 52 valence electrons. The molecule has 0 aliphatic rings.